The number of fused-ring (bicyclic) bond motifs is 1. The highest BCUT2D eigenvalue weighted by Gasteiger charge is 2.25. The fourth-order valence-corrected chi connectivity index (χ4v) is 3.53. The fraction of sp³-hybridized carbons (Fsp3) is 0.200. The molecule has 4 rings (SSSR count). The molecule has 146 valence electrons. The summed E-state index contributed by atoms with van der Waals surface area (Å²) in [5.41, 5.74) is 3.83. The molecule has 0 aliphatic heterocycles. The van der Waals surface area contributed by atoms with Crippen LogP contribution in [0.15, 0.2) is 79.1 Å². The third-order valence-electron chi connectivity index (χ3n) is 5.21. The van der Waals surface area contributed by atoms with Gasteiger partial charge in [-0.1, -0.05) is 63.2 Å². The van der Waals surface area contributed by atoms with Crippen LogP contribution in [0.2, 0.25) is 0 Å². The monoisotopic (exact) mass is 384 g/mol. The summed E-state index contributed by atoms with van der Waals surface area (Å²) in [5.74, 6) is 1.08. The molecule has 0 saturated heterocycles. The Morgan fingerprint density at radius 3 is 2.41 bits per heavy atom. The highest BCUT2D eigenvalue weighted by molar-refractivity contribution is 5.85. The maximum absolute atomic E-state index is 11.0. The summed E-state index contributed by atoms with van der Waals surface area (Å²) in [6, 6.07) is 22.1. The number of benzene rings is 2. The van der Waals surface area contributed by atoms with Crippen LogP contribution in [-0.4, -0.2) is 10.1 Å². The van der Waals surface area contributed by atoms with Gasteiger partial charge in [-0.25, -0.2) is 4.98 Å². The van der Waals surface area contributed by atoms with E-state index in [1.54, 1.807) is 6.20 Å². The van der Waals surface area contributed by atoms with E-state index in [0.29, 0.717) is 5.52 Å². The number of aromatic hydroxyl groups is 1. The Bertz CT molecular complexity index is 1120. The zero-order valence-electron chi connectivity index (χ0n) is 17.0. The quantitative estimate of drug-likeness (QED) is 0.505. The number of hydrogen-bond acceptors (Lipinski definition) is 3. The minimum Gasteiger partial charge on any atom is -0.505 e. The predicted molar refractivity (Wildman–Crippen MR) is 117 cm³/mol. The molecule has 0 amide bonds. The molecule has 2 heterocycles. The van der Waals surface area contributed by atoms with Crippen LogP contribution in [0.1, 0.15) is 43.5 Å². The van der Waals surface area contributed by atoms with Crippen molar-refractivity contribution in [2.75, 3.05) is 5.32 Å². The Hall–Kier alpha value is -3.40. The molecule has 29 heavy (non-hydrogen) atoms. The van der Waals surface area contributed by atoms with E-state index in [1.165, 1.54) is 5.56 Å². The van der Waals surface area contributed by atoms with Crippen molar-refractivity contribution in [1.82, 2.24) is 4.98 Å². The first kappa shape index (κ1) is 18.9. The van der Waals surface area contributed by atoms with Crippen LogP contribution in [0.25, 0.3) is 10.9 Å². The minimum atomic E-state index is -0.228. The van der Waals surface area contributed by atoms with Gasteiger partial charge >= 0.3 is 0 Å². The number of aromatic amines is 1. The third kappa shape index (κ3) is 3.92. The third-order valence-corrected chi connectivity index (χ3v) is 5.21. The molecule has 0 unspecified atom stereocenters. The van der Waals surface area contributed by atoms with E-state index < -0.39 is 0 Å². The highest BCUT2D eigenvalue weighted by Crippen LogP contribution is 2.36. The standard InChI is InChI=1S/C25H25N3O/c1-25(2,3)19-12-9-18(10-13-19)22(28-21-8-4-5-15-26-21)20-14-11-17-7-6-16-27-23(17)24(20)29/h4-16,22,29H,1-3H3,(H,26,28)/p+1/t22-/m0/s1. The molecule has 2 aromatic heterocycles. The number of phenolic OH excluding ortho intramolecular Hbond substituents is 1. The Morgan fingerprint density at radius 1 is 0.931 bits per heavy atom. The fourth-order valence-electron chi connectivity index (χ4n) is 3.53. The first-order chi connectivity index (χ1) is 13.9. The van der Waals surface area contributed by atoms with Gasteiger partial charge in [0, 0.05) is 28.8 Å². The Morgan fingerprint density at radius 2 is 1.72 bits per heavy atom. The zero-order chi connectivity index (χ0) is 20.4. The van der Waals surface area contributed by atoms with Crippen LogP contribution in [-0.2, 0) is 5.41 Å². The van der Waals surface area contributed by atoms with Gasteiger partial charge < -0.3 is 5.11 Å². The molecular weight excluding hydrogens is 358 g/mol. The van der Waals surface area contributed by atoms with E-state index >= 15 is 0 Å². The average Bonchev–Trinajstić information content (AvgIpc) is 2.73. The first-order valence-corrected chi connectivity index (χ1v) is 9.84. The van der Waals surface area contributed by atoms with Crippen molar-refractivity contribution in [1.29, 1.82) is 0 Å². The summed E-state index contributed by atoms with van der Waals surface area (Å²) in [6.07, 6.45) is 3.58. The van der Waals surface area contributed by atoms with Crippen molar-refractivity contribution in [3.8, 4) is 5.75 Å². The molecule has 4 heteroatoms. The lowest BCUT2D eigenvalue weighted by atomic mass is 9.85. The van der Waals surface area contributed by atoms with Crippen molar-refractivity contribution in [2.24, 2.45) is 0 Å². The van der Waals surface area contributed by atoms with Crippen LogP contribution >= 0.6 is 0 Å². The van der Waals surface area contributed by atoms with Crippen molar-refractivity contribution >= 4 is 16.7 Å². The number of anilines is 1. The van der Waals surface area contributed by atoms with Gasteiger partial charge in [0.25, 0.3) is 5.82 Å². The first-order valence-electron chi connectivity index (χ1n) is 9.84. The second-order valence-corrected chi connectivity index (χ2v) is 8.30. The van der Waals surface area contributed by atoms with E-state index in [4.69, 9.17) is 0 Å². The number of aromatic nitrogens is 2. The van der Waals surface area contributed by atoms with Gasteiger partial charge in [-0.05, 0) is 29.2 Å². The van der Waals surface area contributed by atoms with E-state index in [-0.39, 0.29) is 17.2 Å². The molecule has 1 atom stereocenters. The van der Waals surface area contributed by atoms with Gasteiger partial charge in [-0.15, -0.1) is 0 Å². The molecule has 0 fully saturated rings. The molecule has 0 saturated carbocycles. The van der Waals surface area contributed by atoms with Crippen molar-refractivity contribution in [3.63, 3.8) is 0 Å². The lowest BCUT2D eigenvalue weighted by Gasteiger charge is -2.21. The second-order valence-electron chi connectivity index (χ2n) is 8.30. The molecule has 4 nitrogen and oxygen atoms in total. The van der Waals surface area contributed by atoms with Gasteiger partial charge in [-0.2, -0.15) is 0 Å². The normalized spacial score (nSPS) is 12.7. The molecule has 0 aliphatic carbocycles. The lowest BCUT2D eigenvalue weighted by molar-refractivity contribution is -0.361. The molecular formula is C25H26N3O+. The van der Waals surface area contributed by atoms with E-state index in [0.717, 1.165) is 22.3 Å². The number of nitrogens with zero attached hydrogens (tertiary/aromatic N) is 1. The molecule has 4 aromatic rings. The SMILES string of the molecule is CC(C)(C)c1ccc([C@H](Nc2cccc[nH+]2)c2ccc3cccnc3c2O)cc1. The molecule has 0 aliphatic rings. The lowest BCUT2D eigenvalue weighted by Crippen LogP contribution is -2.19. The van der Waals surface area contributed by atoms with E-state index in [2.05, 4.69) is 60.3 Å². The Kier molecular flexibility index (Phi) is 4.93. The summed E-state index contributed by atoms with van der Waals surface area (Å²) < 4.78 is 0. The number of hydrogen-bond donors (Lipinski definition) is 2. The molecule has 0 bridgehead atoms. The predicted octanol–water partition coefficient (Wildman–Crippen LogP) is 5.25. The number of rotatable bonds is 4. The van der Waals surface area contributed by atoms with Crippen molar-refractivity contribution < 1.29 is 10.1 Å². The maximum atomic E-state index is 11.0. The highest BCUT2D eigenvalue weighted by atomic mass is 16.3. The number of nitrogens with one attached hydrogen (secondary N) is 2. The molecule has 2 aromatic carbocycles. The number of H-pyrrole nitrogens is 1. The van der Waals surface area contributed by atoms with Crippen LogP contribution in [0, 0.1) is 0 Å². The van der Waals surface area contributed by atoms with E-state index in [9.17, 15) is 5.11 Å². The van der Waals surface area contributed by atoms with Crippen molar-refractivity contribution in [2.45, 2.75) is 32.2 Å². The van der Waals surface area contributed by atoms with Crippen LogP contribution in [0.4, 0.5) is 5.82 Å². The number of pyridine rings is 2. The summed E-state index contributed by atoms with van der Waals surface area (Å²) in [6.45, 7) is 6.62. The minimum absolute atomic E-state index is 0.0870. The Balaban J connectivity index is 1.82. The second kappa shape index (κ2) is 7.55. The maximum Gasteiger partial charge on any atom is 0.272 e. The zero-order valence-corrected chi connectivity index (χ0v) is 17.0. The van der Waals surface area contributed by atoms with Gasteiger partial charge in [0.1, 0.15) is 17.3 Å². The van der Waals surface area contributed by atoms with Gasteiger partial charge in [0.2, 0.25) is 0 Å². The summed E-state index contributed by atoms with van der Waals surface area (Å²) in [7, 11) is 0. The van der Waals surface area contributed by atoms with Gasteiger partial charge in [0.15, 0.2) is 0 Å². The topological polar surface area (TPSA) is 59.3 Å². The Labute approximate surface area is 171 Å². The van der Waals surface area contributed by atoms with E-state index in [1.807, 2.05) is 48.7 Å². The smallest absolute Gasteiger partial charge is 0.272 e. The van der Waals surface area contributed by atoms with Crippen LogP contribution in [0.5, 0.6) is 5.75 Å². The van der Waals surface area contributed by atoms with Crippen LogP contribution < -0.4 is 10.3 Å². The van der Waals surface area contributed by atoms with Gasteiger partial charge in [0.05, 0.1) is 6.20 Å². The largest absolute Gasteiger partial charge is 0.505 e. The molecule has 3 N–H and O–H groups in total. The van der Waals surface area contributed by atoms with Crippen LogP contribution in [0.3, 0.4) is 0 Å². The summed E-state index contributed by atoms with van der Waals surface area (Å²) >= 11 is 0. The molecule has 0 spiro atoms. The summed E-state index contributed by atoms with van der Waals surface area (Å²) in [5, 5.41) is 15.5. The van der Waals surface area contributed by atoms with Crippen molar-refractivity contribution in [3.05, 3.63) is 95.8 Å². The number of phenols is 1. The molecule has 0 radical (unpaired) electrons. The average molecular weight is 385 g/mol. The summed E-state index contributed by atoms with van der Waals surface area (Å²) in [4.78, 5) is 7.61. The van der Waals surface area contributed by atoms with Gasteiger partial charge in [-0.3, -0.25) is 10.3 Å².